The highest BCUT2D eigenvalue weighted by molar-refractivity contribution is 4.52. The van der Waals surface area contributed by atoms with E-state index in [0.717, 1.165) is 19.6 Å². The van der Waals surface area contributed by atoms with Gasteiger partial charge in [0.25, 0.3) is 0 Å². The Balaban J connectivity index is 3.01. The molecule has 2 heteroatoms. The number of hydrogen-bond donors (Lipinski definition) is 1. The van der Waals surface area contributed by atoms with Gasteiger partial charge in [-0.3, -0.25) is 0 Å². The fourth-order valence-corrected chi connectivity index (χ4v) is 5.82. The van der Waals surface area contributed by atoms with Crippen molar-refractivity contribution in [3.63, 3.8) is 0 Å². The summed E-state index contributed by atoms with van der Waals surface area (Å²) in [6.07, 6.45) is 46.2. The second-order valence-corrected chi connectivity index (χ2v) is 12.6. The van der Waals surface area contributed by atoms with E-state index in [9.17, 15) is 0 Å². The molecule has 0 spiro atoms. The van der Waals surface area contributed by atoms with E-state index in [4.69, 9.17) is 9.84 Å². The molecule has 236 valence electrons. The first-order valence-corrected chi connectivity index (χ1v) is 18.6. The van der Waals surface area contributed by atoms with Crippen molar-refractivity contribution in [3.05, 3.63) is 0 Å². The van der Waals surface area contributed by atoms with Gasteiger partial charge in [0.1, 0.15) is 0 Å². The van der Waals surface area contributed by atoms with E-state index in [2.05, 4.69) is 6.92 Å². The molecule has 0 rings (SSSR count). The minimum atomic E-state index is 0.370. The summed E-state index contributed by atoms with van der Waals surface area (Å²) in [5, 5.41) is 8.78. The van der Waals surface area contributed by atoms with E-state index in [0.29, 0.717) is 6.61 Å². The van der Waals surface area contributed by atoms with Crippen molar-refractivity contribution in [2.45, 2.75) is 219 Å². The smallest absolute Gasteiger partial charge is 0.0466 e. The second kappa shape index (κ2) is 37.9. The molecule has 0 aliphatic heterocycles. The summed E-state index contributed by atoms with van der Waals surface area (Å²) >= 11 is 0. The standard InChI is InChI=1S/C37H76O2/c1-2-3-4-5-6-7-8-9-10-15-18-21-24-27-30-33-36-39-37-34-31-28-25-22-19-16-13-11-12-14-17-20-23-26-29-32-35-38/h38H,2-37H2,1H3. The van der Waals surface area contributed by atoms with Gasteiger partial charge in [0, 0.05) is 19.8 Å². The van der Waals surface area contributed by atoms with Gasteiger partial charge in [0.2, 0.25) is 0 Å². The maximum Gasteiger partial charge on any atom is 0.0466 e. The molecule has 0 aliphatic carbocycles. The Morgan fingerprint density at radius 2 is 0.487 bits per heavy atom. The molecule has 0 saturated carbocycles. The minimum absolute atomic E-state index is 0.370. The number of aliphatic hydroxyl groups is 1. The third-order valence-electron chi connectivity index (χ3n) is 8.59. The molecule has 0 aromatic rings. The van der Waals surface area contributed by atoms with Gasteiger partial charge in [-0.1, -0.05) is 200 Å². The lowest BCUT2D eigenvalue weighted by Crippen LogP contribution is -1.97. The molecular formula is C37H76O2. The van der Waals surface area contributed by atoms with Gasteiger partial charge in [0.15, 0.2) is 0 Å². The van der Waals surface area contributed by atoms with Crippen molar-refractivity contribution in [2.24, 2.45) is 0 Å². The van der Waals surface area contributed by atoms with Crippen LogP contribution < -0.4 is 0 Å². The molecule has 0 radical (unpaired) electrons. The van der Waals surface area contributed by atoms with Crippen LogP contribution in [0.1, 0.15) is 219 Å². The third kappa shape index (κ3) is 37.9. The van der Waals surface area contributed by atoms with Crippen molar-refractivity contribution in [3.8, 4) is 0 Å². The van der Waals surface area contributed by atoms with Crippen LogP contribution in [0.5, 0.6) is 0 Å². The van der Waals surface area contributed by atoms with Crippen molar-refractivity contribution in [1.82, 2.24) is 0 Å². The average Bonchev–Trinajstić information content (AvgIpc) is 2.95. The first kappa shape index (κ1) is 38.9. The van der Waals surface area contributed by atoms with Gasteiger partial charge in [-0.15, -0.1) is 0 Å². The maximum atomic E-state index is 8.78. The molecule has 0 saturated heterocycles. The quantitative estimate of drug-likeness (QED) is 0.0783. The predicted octanol–water partition coefficient (Wildman–Crippen LogP) is 12.9. The largest absolute Gasteiger partial charge is 0.396 e. The van der Waals surface area contributed by atoms with E-state index in [1.54, 1.807) is 0 Å². The zero-order valence-electron chi connectivity index (χ0n) is 27.3. The number of unbranched alkanes of at least 4 members (excludes halogenated alkanes) is 31. The van der Waals surface area contributed by atoms with Gasteiger partial charge >= 0.3 is 0 Å². The van der Waals surface area contributed by atoms with Crippen molar-refractivity contribution < 1.29 is 9.84 Å². The average molecular weight is 553 g/mol. The minimum Gasteiger partial charge on any atom is -0.396 e. The normalized spacial score (nSPS) is 11.5. The van der Waals surface area contributed by atoms with Crippen LogP contribution in [-0.4, -0.2) is 24.9 Å². The van der Waals surface area contributed by atoms with Crippen LogP contribution in [0.4, 0.5) is 0 Å². The summed E-state index contributed by atoms with van der Waals surface area (Å²) in [6.45, 7) is 4.65. The zero-order valence-corrected chi connectivity index (χ0v) is 27.3. The molecule has 0 aromatic heterocycles. The molecule has 0 bridgehead atoms. The van der Waals surface area contributed by atoms with Gasteiger partial charge < -0.3 is 9.84 Å². The topological polar surface area (TPSA) is 29.5 Å². The lowest BCUT2D eigenvalue weighted by molar-refractivity contribution is 0.125. The Morgan fingerprint density at radius 1 is 0.282 bits per heavy atom. The summed E-state index contributed by atoms with van der Waals surface area (Å²) in [5.74, 6) is 0. The molecule has 1 N–H and O–H groups in total. The fourth-order valence-electron chi connectivity index (χ4n) is 5.82. The van der Waals surface area contributed by atoms with Crippen LogP contribution in [0.2, 0.25) is 0 Å². The van der Waals surface area contributed by atoms with Gasteiger partial charge in [0.05, 0.1) is 0 Å². The zero-order chi connectivity index (χ0) is 28.2. The summed E-state index contributed by atoms with van der Waals surface area (Å²) in [7, 11) is 0. The first-order chi connectivity index (χ1) is 19.4. The Hall–Kier alpha value is -0.0800. The SMILES string of the molecule is CCCCCCCCCCCCCCCCCCOCCCCCCCCCCCCCCCCCCCO. The van der Waals surface area contributed by atoms with Crippen LogP contribution in [0, 0.1) is 0 Å². The Bertz CT molecular complexity index is 361. The molecule has 39 heavy (non-hydrogen) atoms. The number of aliphatic hydroxyl groups excluding tert-OH is 1. The molecule has 2 nitrogen and oxygen atoms in total. The van der Waals surface area contributed by atoms with Crippen LogP contribution in [0.25, 0.3) is 0 Å². The number of ether oxygens (including phenoxy) is 1. The number of hydrogen-bond acceptors (Lipinski definition) is 2. The Morgan fingerprint density at radius 3 is 0.718 bits per heavy atom. The van der Waals surface area contributed by atoms with Crippen LogP contribution in [-0.2, 0) is 4.74 Å². The lowest BCUT2D eigenvalue weighted by Gasteiger charge is -2.06. The maximum absolute atomic E-state index is 8.78. The van der Waals surface area contributed by atoms with Crippen molar-refractivity contribution in [2.75, 3.05) is 19.8 Å². The second-order valence-electron chi connectivity index (χ2n) is 12.6. The van der Waals surface area contributed by atoms with E-state index < -0.39 is 0 Å². The third-order valence-corrected chi connectivity index (χ3v) is 8.59. The fraction of sp³-hybridized carbons (Fsp3) is 1.00. The van der Waals surface area contributed by atoms with E-state index >= 15 is 0 Å². The monoisotopic (exact) mass is 553 g/mol. The molecule has 0 fully saturated rings. The predicted molar refractivity (Wildman–Crippen MR) is 176 cm³/mol. The van der Waals surface area contributed by atoms with E-state index in [-0.39, 0.29) is 0 Å². The van der Waals surface area contributed by atoms with Crippen LogP contribution in [0.15, 0.2) is 0 Å². The van der Waals surface area contributed by atoms with Gasteiger partial charge in [-0.2, -0.15) is 0 Å². The van der Waals surface area contributed by atoms with Crippen molar-refractivity contribution >= 4 is 0 Å². The van der Waals surface area contributed by atoms with Crippen LogP contribution >= 0.6 is 0 Å². The van der Waals surface area contributed by atoms with Crippen molar-refractivity contribution in [1.29, 1.82) is 0 Å². The Kier molecular flexibility index (Phi) is 37.8. The summed E-state index contributed by atoms with van der Waals surface area (Å²) in [6, 6.07) is 0. The molecule has 0 aliphatic rings. The van der Waals surface area contributed by atoms with E-state index in [1.165, 1.54) is 205 Å². The summed E-state index contributed by atoms with van der Waals surface area (Å²) in [5.41, 5.74) is 0. The molecule has 0 atom stereocenters. The number of rotatable bonds is 36. The lowest BCUT2D eigenvalue weighted by atomic mass is 10.0. The Labute approximate surface area is 248 Å². The molecular weight excluding hydrogens is 476 g/mol. The molecule has 0 heterocycles. The highest BCUT2D eigenvalue weighted by Crippen LogP contribution is 2.15. The molecule has 0 amide bonds. The highest BCUT2D eigenvalue weighted by atomic mass is 16.5. The van der Waals surface area contributed by atoms with E-state index in [1.807, 2.05) is 0 Å². The molecule has 0 unspecified atom stereocenters. The van der Waals surface area contributed by atoms with Gasteiger partial charge in [-0.25, -0.2) is 0 Å². The summed E-state index contributed by atoms with van der Waals surface area (Å²) in [4.78, 5) is 0. The summed E-state index contributed by atoms with van der Waals surface area (Å²) < 4.78 is 5.87. The van der Waals surface area contributed by atoms with Gasteiger partial charge in [-0.05, 0) is 19.3 Å². The highest BCUT2D eigenvalue weighted by Gasteiger charge is 1.97. The first-order valence-electron chi connectivity index (χ1n) is 18.6. The molecule has 0 aromatic carbocycles. The van der Waals surface area contributed by atoms with Crippen LogP contribution in [0.3, 0.4) is 0 Å².